The second-order valence-electron chi connectivity index (χ2n) is 5.22. The first-order valence-electron chi connectivity index (χ1n) is 7.50. The molecule has 0 amide bonds. The van der Waals surface area contributed by atoms with Gasteiger partial charge in [-0.25, -0.2) is 0 Å². The maximum Gasteiger partial charge on any atom is 0.191 e. The first-order chi connectivity index (χ1) is 8.76. The Labute approximate surface area is 135 Å². The largest absolute Gasteiger partial charge is 0.357 e. The number of likely N-dealkylation sites (tertiary alicyclic amines) is 1. The molecule has 0 bridgehead atoms. The second kappa shape index (κ2) is 11.8. The molecule has 1 aliphatic heterocycles. The number of hydrogen-bond donors (Lipinski definition) is 2. The molecule has 2 N–H and O–H groups in total. The minimum Gasteiger partial charge on any atom is -0.357 e. The molecule has 1 unspecified atom stereocenters. The van der Waals surface area contributed by atoms with E-state index in [0.29, 0.717) is 5.92 Å². The van der Waals surface area contributed by atoms with Gasteiger partial charge in [-0.3, -0.25) is 4.99 Å². The summed E-state index contributed by atoms with van der Waals surface area (Å²) in [5.74, 6) is 1.58. The summed E-state index contributed by atoms with van der Waals surface area (Å²) in [7, 11) is 0. The molecule has 1 aliphatic rings. The van der Waals surface area contributed by atoms with E-state index in [4.69, 9.17) is 0 Å². The number of rotatable bonds is 6. The van der Waals surface area contributed by atoms with Gasteiger partial charge in [-0.05, 0) is 45.7 Å². The SMILES string of the molecule is CCNC(=NCC(C)CN1CCCCC1)NCC.I. The molecule has 1 fully saturated rings. The highest BCUT2D eigenvalue weighted by atomic mass is 127. The quantitative estimate of drug-likeness (QED) is 0.421. The molecule has 1 heterocycles. The number of nitrogens with one attached hydrogen (secondary N) is 2. The third kappa shape index (κ3) is 8.68. The molecule has 4 nitrogen and oxygen atoms in total. The molecule has 0 spiro atoms. The lowest BCUT2D eigenvalue weighted by Gasteiger charge is -2.28. The standard InChI is InChI=1S/C14H30N4.HI/c1-4-15-14(16-5-2)17-11-13(3)12-18-9-7-6-8-10-18;/h13H,4-12H2,1-3H3,(H2,15,16,17);1H. The van der Waals surface area contributed by atoms with E-state index in [0.717, 1.165) is 25.6 Å². The lowest BCUT2D eigenvalue weighted by molar-refractivity contribution is 0.203. The fraction of sp³-hybridized carbons (Fsp3) is 0.929. The van der Waals surface area contributed by atoms with Crippen molar-refractivity contribution in [2.45, 2.75) is 40.0 Å². The monoisotopic (exact) mass is 382 g/mol. The minimum atomic E-state index is 0. The number of guanidine groups is 1. The minimum absolute atomic E-state index is 0. The van der Waals surface area contributed by atoms with Crippen molar-refractivity contribution in [1.82, 2.24) is 15.5 Å². The third-order valence-electron chi connectivity index (χ3n) is 3.27. The Morgan fingerprint density at radius 3 is 2.21 bits per heavy atom. The first kappa shape index (κ1) is 19.0. The second-order valence-corrected chi connectivity index (χ2v) is 5.22. The van der Waals surface area contributed by atoms with Crippen LogP contribution in [0.2, 0.25) is 0 Å². The third-order valence-corrected chi connectivity index (χ3v) is 3.27. The van der Waals surface area contributed by atoms with Crippen molar-refractivity contribution in [1.29, 1.82) is 0 Å². The van der Waals surface area contributed by atoms with Crippen LogP contribution in [0.3, 0.4) is 0 Å². The van der Waals surface area contributed by atoms with E-state index >= 15 is 0 Å². The molecule has 1 rings (SSSR count). The maximum absolute atomic E-state index is 4.64. The summed E-state index contributed by atoms with van der Waals surface area (Å²) in [6.45, 7) is 13.0. The van der Waals surface area contributed by atoms with Gasteiger partial charge in [-0.1, -0.05) is 13.3 Å². The van der Waals surface area contributed by atoms with Crippen LogP contribution < -0.4 is 10.6 Å². The van der Waals surface area contributed by atoms with E-state index in [9.17, 15) is 0 Å². The summed E-state index contributed by atoms with van der Waals surface area (Å²) < 4.78 is 0. The van der Waals surface area contributed by atoms with Crippen molar-refractivity contribution in [3.05, 3.63) is 0 Å². The highest BCUT2D eigenvalue weighted by Crippen LogP contribution is 2.10. The molecule has 0 aromatic rings. The molecular formula is C14H31IN4. The maximum atomic E-state index is 4.64. The van der Waals surface area contributed by atoms with Gasteiger partial charge < -0.3 is 15.5 Å². The Morgan fingerprint density at radius 1 is 1.11 bits per heavy atom. The van der Waals surface area contributed by atoms with Crippen LogP contribution in [0.1, 0.15) is 40.0 Å². The zero-order valence-corrected chi connectivity index (χ0v) is 15.1. The Morgan fingerprint density at radius 2 is 1.68 bits per heavy atom. The predicted octanol–water partition coefficient (Wildman–Crippen LogP) is 2.30. The van der Waals surface area contributed by atoms with Gasteiger partial charge in [0.2, 0.25) is 0 Å². The topological polar surface area (TPSA) is 39.7 Å². The fourth-order valence-corrected chi connectivity index (χ4v) is 2.40. The van der Waals surface area contributed by atoms with Gasteiger partial charge in [0.1, 0.15) is 0 Å². The summed E-state index contributed by atoms with van der Waals surface area (Å²) >= 11 is 0. The Kier molecular flexibility index (Phi) is 11.7. The summed E-state index contributed by atoms with van der Waals surface area (Å²) in [6.07, 6.45) is 4.15. The average molecular weight is 382 g/mol. The van der Waals surface area contributed by atoms with Crippen LogP contribution in [0, 0.1) is 5.92 Å². The van der Waals surface area contributed by atoms with Gasteiger partial charge in [-0.15, -0.1) is 24.0 Å². The number of halogens is 1. The molecule has 1 atom stereocenters. The van der Waals surface area contributed by atoms with Crippen molar-refractivity contribution in [2.75, 3.05) is 39.3 Å². The molecule has 1 saturated heterocycles. The molecule has 0 radical (unpaired) electrons. The summed E-state index contributed by atoms with van der Waals surface area (Å²) in [5, 5.41) is 6.54. The van der Waals surface area contributed by atoms with Gasteiger partial charge >= 0.3 is 0 Å². The van der Waals surface area contributed by atoms with Crippen LogP contribution in [-0.2, 0) is 0 Å². The lowest BCUT2D eigenvalue weighted by Crippen LogP contribution is -2.38. The van der Waals surface area contributed by atoms with Gasteiger partial charge in [0.25, 0.3) is 0 Å². The molecular weight excluding hydrogens is 351 g/mol. The molecule has 0 aliphatic carbocycles. The van der Waals surface area contributed by atoms with E-state index in [2.05, 4.69) is 41.3 Å². The molecule has 0 aromatic carbocycles. The number of piperidine rings is 1. The summed E-state index contributed by atoms with van der Waals surface area (Å²) in [6, 6.07) is 0. The van der Waals surface area contributed by atoms with Gasteiger partial charge in [0.15, 0.2) is 5.96 Å². The van der Waals surface area contributed by atoms with Crippen molar-refractivity contribution in [3.8, 4) is 0 Å². The van der Waals surface area contributed by atoms with Crippen molar-refractivity contribution in [2.24, 2.45) is 10.9 Å². The zero-order chi connectivity index (χ0) is 13.2. The normalized spacial score (nSPS) is 17.2. The molecule has 0 aromatic heterocycles. The fourth-order valence-electron chi connectivity index (χ4n) is 2.40. The Balaban J connectivity index is 0.00000324. The highest BCUT2D eigenvalue weighted by molar-refractivity contribution is 14.0. The smallest absolute Gasteiger partial charge is 0.191 e. The Hall–Kier alpha value is -0.0400. The van der Waals surface area contributed by atoms with Gasteiger partial charge in [0.05, 0.1) is 0 Å². The predicted molar refractivity (Wildman–Crippen MR) is 94.5 cm³/mol. The van der Waals surface area contributed by atoms with E-state index in [1.54, 1.807) is 0 Å². The molecule has 5 heteroatoms. The van der Waals surface area contributed by atoms with E-state index in [-0.39, 0.29) is 24.0 Å². The van der Waals surface area contributed by atoms with Crippen LogP contribution in [0.5, 0.6) is 0 Å². The van der Waals surface area contributed by atoms with Gasteiger partial charge in [-0.2, -0.15) is 0 Å². The van der Waals surface area contributed by atoms with Crippen LogP contribution in [-0.4, -0.2) is 50.1 Å². The lowest BCUT2D eigenvalue weighted by atomic mass is 10.1. The molecule has 19 heavy (non-hydrogen) atoms. The van der Waals surface area contributed by atoms with Crippen LogP contribution in [0.4, 0.5) is 0 Å². The molecule has 114 valence electrons. The number of aliphatic imine (C=N–C) groups is 1. The molecule has 0 saturated carbocycles. The van der Waals surface area contributed by atoms with E-state index in [1.807, 2.05) is 0 Å². The van der Waals surface area contributed by atoms with E-state index in [1.165, 1.54) is 38.9 Å². The zero-order valence-electron chi connectivity index (χ0n) is 12.7. The van der Waals surface area contributed by atoms with Crippen molar-refractivity contribution in [3.63, 3.8) is 0 Å². The Bertz CT molecular complexity index is 232. The van der Waals surface area contributed by atoms with Crippen molar-refractivity contribution >= 4 is 29.9 Å². The van der Waals surface area contributed by atoms with Crippen LogP contribution in [0.15, 0.2) is 4.99 Å². The highest BCUT2D eigenvalue weighted by Gasteiger charge is 2.13. The van der Waals surface area contributed by atoms with Crippen molar-refractivity contribution < 1.29 is 0 Å². The van der Waals surface area contributed by atoms with Gasteiger partial charge in [0, 0.05) is 26.2 Å². The van der Waals surface area contributed by atoms with Crippen LogP contribution in [0.25, 0.3) is 0 Å². The number of hydrogen-bond acceptors (Lipinski definition) is 2. The number of nitrogens with zero attached hydrogens (tertiary/aromatic N) is 2. The summed E-state index contributed by atoms with van der Waals surface area (Å²) in [4.78, 5) is 7.22. The van der Waals surface area contributed by atoms with Crippen LogP contribution >= 0.6 is 24.0 Å². The first-order valence-corrected chi connectivity index (χ1v) is 7.50. The van der Waals surface area contributed by atoms with E-state index < -0.39 is 0 Å². The summed E-state index contributed by atoms with van der Waals surface area (Å²) in [5.41, 5.74) is 0. The average Bonchev–Trinajstić information content (AvgIpc) is 2.38.